The molecular weight excluding hydrogens is 240 g/mol. The molecule has 0 heterocycles. The molecular formula is C16H14O3. The van der Waals surface area contributed by atoms with Crippen molar-refractivity contribution in [3.63, 3.8) is 0 Å². The first-order chi connectivity index (χ1) is 9.15. The van der Waals surface area contributed by atoms with Gasteiger partial charge in [-0.1, -0.05) is 42.5 Å². The molecule has 3 heteroatoms. The van der Waals surface area contributed by atoms with Crippen molar-refractivity contribution in [1.82, 2.24) is 0 Å². The van der Waals surface area contributed by atoms with Gasteiger partial charge in [-0.2, -0.15) is 0 Å². The third kappa shape index (κ3) is 2.55. The molecule has 0 bridgehead atoms. The van der Waals surface area contributed by atoms with Crippen molar-refractivity contribution in [1.29, 1.82) is 0 Å². The molecule has 19 heavy (non-hydrogen) atoms. The molecule has 0 spiro atoms. The van der Waals surface area contributed by atoms with Crippen LogP contribution >= 0.6 is 0 Å². The van der Waals surface area contributed by atoms with Gasteiger partial charge in [0.2, 0.25) is 0 Å². The number of carbonyl (C=O) groups excluding carboxylic acids is 2. The molecule has 0 saturated carbocycles. The number of Topliss-reactive ketones (excluding diaryl/α,β-unsaturated/α-hetero) is 1. The van der Waals surface area contributed by atoms with E-state index in [0.717, 1.165) is 5.56 Å². The number of ether oxygens (including phenoxy) is 1. The van der Waals surface area contributed by atoms with E-state index >= 15 is 0 Å². The lowest BCUT2D eigenvalue weighted by Crippen LogP contribution is -2.05. The molecule has 0 saturated heterocycles. The van der Waals surface area contributed by atoms with Crippen LogP contribution in [0.25, 0.3) is 11.1 Å². The zero-order valence-electron chi connectivity index (χ0n) is 10.8. The zero-order chi connectivity index (χ0) is 13.8. The molecule has 2 rings (SSSR count). The minimum Gasteiger partial charge on any atom is -0.465 e. The van der Waals surface area contributed by atoms with Crippen LogP contribution in [0.2, 0.25) is 0 Å². The molecule has 0 fully saturated rings. The van der Waals surface area contributed by atoms with Gasteiger partial charge in [-0.15, -0.1) is 0 Å². The lowest BCUT2D eigenvalue weighted by atomic mass is 9.94. The quantitative estimate of drug-likeness (QED) is 0.623. The van der Waals surface area contributed by atoms with Crippen molar-refractivity contribution in [3.8, 4) is 11.1 Å². The Morgan fingerprint density at radius 3 is 1.84 bits per heavy atom. The van der Waals surface area contributed by atoms with Gasteiger partial charge < -0.3 is 4.74 Å². The number of rotatable bonds is 3. The van der Waals surface area contributed by atoms with Crippen LogP contribution in [0, 0.1) is 0 Å². The van der Waals surface area contributed by atoms with Crippen LogP contribution in [0.1, 0.15) is 27.6 Å². The van der Waals surface area contributed by atoms with E-state index in [1.54, 1.807) is 24.3 Å². The Morgan fingerprint density at radius 1 is 0.842 bits per heavy atom. The van der Waals surface area contributed by atoms with Gasteiger partial charge in [-0.3, -0.25) is 4.79 Å². The van der Waals surface area contributed by atoms with Crippen LogP contribution in [-0.4, -0.2) is 18.9 Å². The van der Waals surface area contributed by atoms with Crippen LogP contribution in [0.4, 0.5) is 0 Å². The maximum Gasteiger partial charge on any atom is 0.338 e. The predicted molar refractivity (Wildman–Crippen MR) is 73.2 cm³/mol. The van der Waals surface area contributed by atoms with Gasteiger partial charge in [0.1, 0.15) is 0 Å². The highest BCUT2D eigenvalue weighted by Gasteiger charge is 2.16. The molecule has 0 amide bonds. The fourth-order valence-electron chi connectivity index (χ4n) is 2.03. The van der Waals surface area contributed by atoms with Gasteiger partial charge >= 0.3 is 5.97 Å². The average molecular weight is 254 g/mol. The van der Waals surface area contributed by atoms with E-state index in [0.29, 0.717) is 16.7 Å². The Labute approximate surface area is 111 Å². The Morgan fingerprint density at radius 2 is 1.32 bits per heavy atom. The van der Waals surface area contributed by atoms with E-state index in [1.807, 2.05) is 24.3 Å². The van der Waals surface area contributed by atoms with E-state index in [1.165, 1.54) is 14.0 Å². The second-order valence-electron chi connectivity index (χ2n) is 4.14. The van der Waals surface area contributed by atoms with Crippen LogP contribution in [-0.2, 0) is 4.74 Å². The normalized spacial score (nSPS) is 10.0. The van der Waals surface area contributed by atoms with Gasteiger partial charge in [-0.25, -0.2) is 4.79 Å². The SMILES string of the molecule is COC(=O)c1ccccc1-c1ccccc1C(C)=O. The van der Waals surface area contributed by atoms with E-state index in [9.17, 15) is 9.59 Å². The number of esters is 1. The van der Waals surface area contributed by atoms with Crippen molar-refractivity contribution in [2.24, 2.45) is 0 Å². The molecule has 0 N–H and O–H groups in total. The zero-order valence-corrected chi connectivity index (χ0v) is 10.8. The average Bonchev–Trinajstić information content (AvgIpc) is 2.46. The van der Waals surface area contributed by atoms with E-state index in [2.05, 4.69) is 0 Å². The Kier molecular flexibility index (Phi) is 3.76. The second-order valence-corrected chi connectivity index (χ2v) is 4.14. The summed E-state index contributed by atoms with van der Waals surface area (Å²) in [4.78, 5) is 23.5. The standard InChI is InChI=1S/C16H14O3/c1-11(17)12-7-3-4-8-13(12)14-9-5-6-10-15(14)16(18)19-2/h3-10H,1-2H3. The molecule has 0 radical (unpaired) electrons. The minimum absolute atomic E-state index is 0.0322. The molecule has 3 nitrogen and oxygen atoms in total. The third-order valence-electron chi connectivity index (χ3n) is 2.93. The summed E-state index contributed by atoms with van der Waals surface area (Å²) >= 11 is 0. The number of hydrogen-bond donors (Lipinski definition) is 0. The number of hydrogen-bond acceptors (Lipinski definition) is 3. The molecule has 96 valence electrons. The Balaban J connectivity index is 2.66. The molecule has 0 atom stereocenters. The predicted octanol–water partition coefficient (Wildman–Crippen LogP) is 3.34. The first-order valence-corrected chi connectivity index (χ1v) is 5.93. The van der Waals surface area contributed by atoms with Crippen LogP contribution in [0.3, 0.4) is 0 Å². The number of carbonyl (C=O) groups is 2. The number of benzene rings is 2. The molecule has 0 aromatic heterocycles. The molecule has 0 aliphatic carbocycles. The highest BCUT2D eigenvalue weighted by atomic mass is 16.5. The summed E-state index contributed by atoms with van der Waals surface area (Å²) in [6.45, 7) is 1.51. The first kappa shape index (κ1) is 13.0. The van der Waals surface area contributed by atoms with Gasteiger partial charge in [0.05, 0.1) is 12.7 Å². The van der Waals surface area contributed by atoms with Gasteiger partial charge in [0.15, 0.2) is 5.78 Å². The van der Waals surface area contributed by atoms with E-state index in [4.69, 9.17) is 4.74 Å². The molecule has 2 aromatic rings. The van der Waals surface area contributed by atoms with Gasteiger partial charge in [0, 0.05) is 5.56 Å². The minimum atomic E-state index is -0.408. The molecule has 0 unspecified atom stereocenters. The summed E-state index contributed by atoms with van der Waals surface area (Å²) in [5.41, 5.74) is 2.51. The molecule has 2 aromatic carbocycles. The fraction of sp³-hybridized carbons (Fsp3) is 0.125. The highest BCUT2D eigenvalue weighted by molar-refractivity contribution is 6.04. The third-order valence-corrected chi connectivity index (χ3v) is 2.93. The van der Waals surface area contributed by atoms with Crippen molar-refractivity contribution < 1.29 is 14.3 Å². The lowest BCUT2D eigenvalue weighted by molar-refractivity contribution is 0.0601. The molecule has 0 aliphatic rings. The van der Waals surface area contributed by atoms with Crippen LogP contribution in [0.5, 0.6) is 0 Å². The number of methoxy groups -OCH3 is 1. The first-order valence-electron chi connectivity index (χ1n) is 5.93. The summed E-state index contributed by atoms with van der Waals surface area (Å²) in [6, 6.07) is 14.3. The largest absolute Gasteiger partial charge is 0.465 e. The summed E-state index contributed by atoms with van der Waals surface area (Å²) in [5.74, 6) is -0.441. The van der Waals surface area contributed by atoms with E-state index < -0.39 is 5.97 Å². The van der Waals surface area contributed by atoms with Crippen LogP contribution < -0.4 is 0 Å². The summed E-state index contributed by atoms with van der Waals surface area (Å²) < 4.78 is 4.77. The smallest absolute Gasteiger partial charge is 0.338 e. The highest BCUT2D eigenvalue weighted by Crippen LogP contribution is 2.27. The monoisotopic (exact) mass is 254 g/mol. The summed E-state index contributed by atoms with van der Waals surface area (Å²) in [6.07, 6.45) is 0. The number of ketones is 1. The van der Waals surface area contributed by atoms with Crippen molar-refractivity contribution in [2.75, 3.05) is 7.11 Å². The summed E-state index contributed by atoms with van der Waals surface area (Å²) in [5, 5.41) is 0. The maximum atomic E-state index is 11.8. The van der Waals surface area contributed by atoms with Gasteiger partial charge in [-0.05, 0) is 24.1 Å². The summed E-state index contributed by atoms with van der Waals surface area (Å²) in [7, 11) is 1.34. The molecule has 0 aliphatic heterocycles. The lowest BCUT2D eigenvalue weighted by Gasteiger charge is -2.11. The van der Waals surface area contributed by atoms with Crippen molar-refractivity contribution in [2.45, 2.75) is 6.92 Å². The van der Waals surface area contributed by atoms with Gasteiger partial charge in [0.25, 0.3) is 0 Å². The van der Waals surface area contributed by atoms with Crippen LogP contribution in [0.15, 0.2) is 48.5 Å². The van der Waals surface area contributed by atoms with E-state index in [-0.39, 0.29) is 5.78 Å². The Hall–Kier alpha value is -2.42. The maximum absolute atomic E-state index is 11.8. The topological polar surface area (TPSA) is 43.4 Å². The second kappa shape index (κ2) is 5.48. The Bertz CT molecular complexity index is 629. The van der Waals surface area contributed by atoms with Crippen molar-refractivity contribution in [3.05, 3.63) is 59.7 Å². The fourth-order valence-corrected chi connectivity index (χ4v) is 2.03. The van der Waals surface area contributed by atoms with Crippen molar-refractivity contribution >= 4 is 11.8 Å².